The predicted octanol–water partition coefficient (Wildman–Crippen LogP) is 6.28. The van der Waals surface area contributed by atoms with E-state index in [9.17, 15) is 35.1 Å². The Morgan fingerprint density at radius 1 is 0.750 bits per heavy atom. The van der Waals surface area contributed by atoms with E-state index >= 15 is 0 Å². The van der Waals surface area contributed by atoms with E-state index in [-0.39, 0.29) is 0 Å². The Morgan fingerprint density at radius 2 is 1.29 bits per heavy atom. The highest BCUT2D eigenvalue weighted by Gasteiger charge is 2.38. The molecule has 0 saturated heterocycles. The summed E-state index contributed by atoms with van der Waals surface area (Å²) in [5, 5.41) is 0. The minimum atomic E-state index is -4.89. The number of rotatable bonds is 3. The zero-order valence-corrected chi connectivity index (χ0v) is 11.7. The molecule has 2 aromatic rings. The van der Waals surface area contributed by atoms with Gasteiger partial charge in [-0.3, -0.25) is 0 Å². The molecule has 2 rings (SSSR count). The van der Waals surface area contributed by atoms with Gasteiger partial charge in [-0.1, -0.05) is 30.3 Å². The topological polar surface area (TPSA) is 0 Å². The van der Waals surface area contributed by atoms with Crippen molar-refractivity contribution in [1.29, 1.82) is 0 Å². The summed E-state index contributed by atoms with van der Waals surface area (Å²) < 4.78 is 104. The van der Waals surface area contributed by atoms with Gasteiger partial charge in [-0.15, -0.1) is 0 Å². The highest BCUT2D eigenvalue weighted by molar-refractivity contribution is 5.40. The van der Waals surface area contributed by atoms with Gasteiger partial charge in [0, 0.05) is 5.56 Å². The summed E-state index contributed by atoms with van der Waals surface area (Å²) >= 11 is 0. The smallest absolute Gasteiger partial charge is 0.238 e. The molecule has 0 aromatic heterocycles. The van der Waals surface area contributed by atoms with E-state index in [4.69, 9.17) is 0 Å². The van der Waals surface area contributed by atoms with Crippen LogP contribution in [-0.4, -0.2) is 0 Å². The Kier molecular flexibility index (Phi) is 4.87. The molecule has 1 unspecified atom stereocenters. The molecule has 2 aromatic carbocycles. The number of hydrogen-bond acceptors (Lipinski definition) is 0. The van der Waals surface area contributed by atoms with Gasteiger partial charge >= 0.3 is 12.4 Å². The molecule has 0 aliphatic carbocycles. The maximum atomic E-state index is 14.2. The van der Waals surface area contributed by atoms with E-state index in [0.717, 1.165) is 18.2 Å². The lowest BCUT2D eigenvalue weighted by Crippen LogP contribution is -2.13. The van der Waals surface area contributed by atoms with Crippen LogP contribution in [0.15, 0.2) is 48.5 Å². The number of benzene rings is 2. The molecule has 0 amide bonds. The molecule has 0 nitrogen and oxygen atoms in total. The van der Waals surface area contributed by atoms with Crippen LogP contribution in [0, 0.1) is 6.17 Å². The number of halogens is 8. The largest absolute Gasteiger partial charge is 0.416 e. The Labute approximate surface area is 131 Å². The highest BCUT2D eigenvalue weighted by atomic mass is 19.4. The zero-order valence-electron chi connectivity index (χ0n) is 11.7. The monoisotopic (exact) mass is 353 g/mol. The Morgan fingerprint density at radius 3 is 1.79 bits per heavy atom. The quantitative estimate of drug-likeness (QED) is 0.569. The third-order valence-corrected chi connectivity index (χ3v) is 3.25. The van der Waals surface area contributed by atoms with Gasteiger partial charge < -0.3 is 0 Å². The van der Waals surface area contributed by atoms with Gasteiger partial charge in [-0.05, 0) is 23.8 Å². The van der Waals surface area contributed by atoms with Crippen molar-refractivity contribution in [2.45, 2.75) is 18.5 Å². The fraction of sp³-hybridized carbons (Fsp3) is 0.188. The van der Waals surface area contributed by atoms with Gasteiger partial charge in [-0.2, -0.15) is 26.3 Å². The van der Waals surface area contributed by atoms with Crippen molar-refractivity contribution in [3.05, 3.63) is 77.0 Å². The van der Waals surface area contributed by atoms with Gasteiger partial charge in [0.25, 0.3) is 0 Å². The summed E-state index contributed by atoms with van der Waals surface area (Å²) in [6.45, 7) is 0. The van der Waals surface area contributed by atoms with E-state index < -0.39 is 46.9 Å². The minimum absolute atomic E-state index is 0.525. The van der Waals surface area contributed by atoms with Crippen LogP contribution in [0.3, 0.4) is 0 Å². The van der Waals surface area contributed by atoms with Gasteiger partial charge in [0.15, 0.2) is 6.17 Å². The van der Waals surface area contributed by atoms with Crippen molar-refractivity contribution < 1.29 is 35.1 Å². The van der Waals surface area contributed by atoms with E-state index in [1.54, 1.807) is 0 Å². The van der Waals surface area contributed by atoms with Crippen LogP contribution in [0.5, 0.6) is 0 Å². The van der Waals surface area contributed by atoms with Crippen molar-refractivity contribution >= 4 is 0 Å². The molecule has 129 valence electrons. The third kappa shape index (κ3) is 3.85. The fourth-order valence-electron chi connectivity index (χ4n) is 2.08. The molecule has 0 bridgehead atoms. The van der Waals surface area contributed by atoms with Crippen molar-refractivity contribution in [2.24, 2.45) is 0 Å². The van der Waals surface area contributed by atoms with Crippen LogP contribution in [0.2, 0.25) is 0 Å². The van der Waals surface area contributed by atoms with E-state index in [0.29, 0.717) is 30.3 Å². The lowest BCUT2D eigenvalue weighted by atomic mass is 9.96. The van der Waals surface area contributed by atoms with E-state index in [1.165, 1.54) is 0 Å². The summed E-state index contributed by atoms with van der Waals surface area (Å²) in [5.74, 6) is 0. The highest BCUT2D eigenvalue weighted by Crippen LogP contribution is 2.41. The number of alkyl halides is 7. The third-order valence-electron chi connectivity index (χ3n) is 3.25. The van der Waals surface area contributed by atoms with Crippen LogP contribution in [0.4, 0.5) is 35.1 Å². The van der Waals surface area contributed by atoms with Crippen LogP contribution >= 0.6 is 0 Å². The Bertz CT molecular complexity index is 684. The first-order valence-corrected chi connectivity index (χ1v) is 6.52. The lowest BCUT2D eigenvalue weighted by Gasteiger charge is -2.18. The van der Waals surface area contributed by atoms with Crippen LogP contribution < -0.4 is 0 Å². The van der Waals surface area contributed by atoms with Crippen LogP contribution in [0.25, 0.3) is 0 Å². The van der Waals surface area contributed by atoms with Crippen molar-refractivity contribution in [3.8, 4) is 0 Å². The molecule has 0 fully saturated rings. The first-order valence-electron chi connectivity index (χ1n) is 6.52. The molecule has 0 saturated carbocycles. The summed E-state index contributed by atoms with van der Waals surface area (Å²) in [4.78, 5) is 0. The molecule has 0 aliphatic rings. The molecule has 0 heterocycles. The fourth-order valence-corrected chi connectivity index (χ4v) is 2.08. The van der Waals surface area contributed by atoms with Crippen molar-refractivity contribution in [2.75, 3.05) is 0 Å². The van der Waals surface area contributed by atoms with E-state index in [1.807, 2.05) is 0 Å². The second-order valence-electron chi connectivity index (χ2n) is 4.87. The molecule has 1 atom stereocenters. The van der Waals surface area contributed by atoms with Crippen LogP contribution in [0.1, 0.15) is 28.4 Å². The molecule has 0 aliphatic heterocycles. The zero-order chi connectivity index (χ0) is 18.1. The predicted molar refractivity (Wildman–Crippen MR) is 70.2 cm³/mol. The van der Waals surface area contributed by atoms with Gasteiger partial charge in [0.2, 0.25) is 6.17 Å². The van der Waals surface area contributed by atoms with Gasteiger partial charge in [-0.25, -0.2) is 8.78 Å². The molecular formula is C16H9F8. The average Bonchev–Trinajstić information content (AvgIpc) is 2.52. The maximum absolute atomic E-state index is 14.2. The van der Waals surface area contributed by atoms with Crippen molar-refractivity contribution in [1.82, 2.24) is 0 Å². The van der Waals surface area contributed by atoms with Crippen LogP contribution in [-0.2, 0) is 12.4 Å². The summed E-state index contributed by atoms with van der Waals surface area (Å²) in [7, 11) is 0. The molecule has 1 radical (unpaired) electrons. The lowest BCUT2D eigenvalue weighted by molar-refractivity contribution is -0.139. The molecule has 24 heavy (non-hydrogen) atoms. The molecule has 8 heteroatoms. The van der Waals surface area contributed by atoms with E-state index in [2.05, 4.69) is 0 Å². The Hall–Kier alpha value is -2.12. The molecule has 0 N–H and O–H groups in total. The van der Waals surface area contributed by atoms with Gasteiger partial charge in [0.05, 0.1) is 11.1 Å². The summed E-state index contributed by atoms with van der Waals surface area (Å²) in [6.07, 6.45) is -13.9. The molecule has 0 spiro atoms. The summed E-state index contributed by atoms with van der Waals surface area (Å²) in [5.41, 5.74) is -3.93. The summed E-state index contributed by atoms with van der Waals surface area (Å²) in [6, 6.07) is 5.89. The second kappa shape index (κ2) is 6.41. The number of hydrogen-bond donors (Lipinski definition) is 0. The minimum Gasteiger partial charge on any atom is -0.238 e. The average molecular weight is 353 g/mol. The normalized spacial score (nSPS) is 14.0. The Balaban J connectivity index is 2.32. The van der Waals surface area contributed by atoms with Crippen molar-refractivity contribution in [3.63, 3.8) is 0 Å². The second-order valence-corrected chi connectivity index (χ2v) is 4.87. The van der Waals surface area contributed by atoms with Gasteiger partial charge in [0.1, 0.15) is 0 Å². The first kappa shape index (κ1) is 18.2. The SMILES string of the molecule is F[C](c1ccc(C(F)(F)F)cc1)C(F)c1ccccc1C(F)(F)F. The first-order chi connectivity index (χ1) is 11.0. The standard InChI is InChI=1S/C16H9F8/c17-13(9-5-7-10(8-6-9)15(19,20)21)14(18)11-3-1-2-4-12(11)16(22,23)24/h1-8,14H. The molecular weight excluding hydrogens is 344 g/mol. The maximum Gasteiger partial charge on any atom is 0.416 e.